The second kappa shape index (κ2) is 6.38. The fourth-order valence-electron chi connectivity index (χ4n) is 1.46. The van der Waals surface area contributed by atoms with E-state index in [1.54, 1.807) is 24.3 Å². The van der Waals surface area contributed by atoms with Gasteiger partial charge in [0.05, 0.1) is 12.7 Å². The van der Waals surface area contributed by atoms with Crippen LogP contribution in [0, 0.1) is 11.8 Å². The van der Waals surface area contributed by atoms with Gasteiger partial charge < -0.3 is 9.15 Å². The Balaban J connectivity index is 1.92. The average molecular weight is 273 g/mol. The smallest absolute Gasteiger partial charge is 0.465 e. The van der Waals surface area contributed by atoms with Gasteiger partial charge in [0.1, 0.15) is 0 Å². The molecule has 6 nitrogen and oxygen atoms in total. The summed E-state index contributed by atoms with van der Waals surface area (Å²) in [4.78, 5) is 21.8. The first-order valence-corrected chi connectivity index (χ1v) is 5.82. The summed E-state index contributed by atoms with van der Waals surface area (Å²) in [5, 5.41) is 3.43. The Labute approximate surface area is 114 Å². The van der Waals surface area contributed by atoms with Gasteiger partial charge in [-0.25, -0.2) is 9.59 Å². The third-order valence-corrected chi connectivity index (χ3v) is 2.43. The van der Waals surface area contributed by atoms with E-state index in [1.807, 2.05) is 0 Å². The monoisotopic (exact) mass is 273 g/mol. The van der Waals surface area contributed by atoms with E-state index in [4.69, 9.17) is 0 Å². The molecule has 2 rings (SSSR count). The van der Waals surface area contributed by atoms with Gasteiger partial charge in [0, 0.05) is 18.4 Å². The lowest BCUT2D eigenvalue weighted by molar-refractivity contribution is 0.0600. The van der Waals surface area contributed by atoms with Crippen LogP contribution in [-0.2, 0) is 11.2 Å². The Morgan fingerprint density at radius 2 is 2.10 bits per heavy atom. The molecule has 0 fully saturated rings. The summed E-state index contributed by atoms with van der Waals surface area (Å²) in [6.07, 6.45) is 0.882. The number of carbonyl (C=O) groups is 1. The highest BCUT2D eigenvalue weighted by molar-refractivity contribution is 5.89. The standard InChI is InChI=1S/C14H11NO5/c1-18-13(16)11-8-6-10(7-9-11)4-2-3-5-12-15-20-14(17)19-12/h6-9H,3,5H2,1H3. The Kier molecular flexibility index (Phi) is 4.35. The molecule has 1 aromatic carbocycles. The van der Waals surface area contributed by atoms with Crippen LogP contribution < -0.4 is 5.82 Å². The number of ether oxygens (including phenoxy) is 1. The predicted octanol–water partition coefficient (Wildman–Crippen LogP) is 1.40. The molecule has 0 unspecified atom stereocenters. The van der Waals surface area contributed by atoms with E-state index in [0.717, 1.165) is 5.56 Å². The number of aromatic nitrogens is 1. The van der Waals surface area contributed by atoms with E-state index in [-0.39, 0.29) is 11.9 Å². The molecule has 6 heteroatoms. The zero-order valence-electron chi connectivity index (χ0n) is 10.7. The summed E-state index contributed by atoms with van der Waals surface area (Å²) in [7, 11) is 1.33. The minimum Gasteiger partial charge on any atom is -0.465 e. The quantitative estimate of drug-likeness (QED) is 0.621. The van der Waals surface area contributed by atoms with Gasteiger partial charge in [0.2, 0.25) is 5.89 Å². The van der Waals surface area contributed by atoms with Crippen LogP contribution in [0.3, 0.4) is 0 Å². The maximum absolute atomic E-state index is 11.2. The lowest BCUT2D eigenvalue weighted by atomic mass is 10.1. The Bertz CT molecular complexity index is 699. The van der Waals surface area contributed by atoms with E-state index < -0.39 is 5.82 Å². The van der Waals surface area contributed by atoms with Gasteiger partial charge >= 0.3 is 11.8 Å². The van der Waals surface area contributed by atoms with Crippen molar-refractivity contribution >= 4 is 5.97 Å². The van der Waals surface area contributed by atoms with Gasteiger partial charge in [-0.1, -0.05) is 11.8 Å². The molecule has 1 aromatic heterocycles. The van der Waals surface area contributed by atoms with Crippen molar-refractivity contribution in [3.63, 3.8) is 0 Å². The maximum atomic E-state index is 11.2. The number of carbonyl (C=O) groups excluding carboxylic acids is 1. The molecule has 0 saturated carbocycles. The first kappa shape index (κ1) is 13.6. The molecule has 0 aliphatic rings. The molecule has 0 radical (unpaired) electrons. The van der Waals surface area contributed by atoms with Crippen LogP contribution in [0.15, 0.2) is 38.0 Å². The molecule has 0 spiro atoms. The highest BCUT2D eigenvalue weighted by Gasteiger charge is 2.03. The number of hydrogen-bond acceptors (Lipinski definition) is 6. The third-order valence-electron chi connectivity index (χ3n) is 2.43. The highest BCUT2D eigenvalue weighted by atomic mass is 16.6. The maximum Gasteiger partial charge on any atom is 0.542 e. The minimum absolute atomic E-state index is 0.227. The van der Waals surface area contributed by atoms with Crippen LogP contribution in [0.1, 0.15) is 28.2 Å². The van der Waals surface area contributed by atoms with Crippen molar-refractivity contribution in [3.05, 3.63) is 51.9 Å². The number of rotatable bonds is 3. The van der Waals surface area contributed by atoms with E-state index in [1.165, 1.54) is 7.11 Å². The van der Waals surface area contributed by atoms with E-state index >= 15 is 0 Å². The molecule has 0 saturated heterocycles. The Hall–Kier alpha value is -2.81. The van der Waals surface area contributed by atoms with Crippen LogP contribution in [0.25, 0.3) is 0 Å². The summed E-state index contributed by atoms with van der Waals surface area (Å²) < 4.78 is 13.5. The van der Waals surface area contributed by atoms with Gasteiger partial charge in [-0.3, -0.25) is 4.52 Å². The average Bonchev–Trinajstić information content (AvgIpc) is 2.89. The molecule has 0 atom stereocenters. The number of aryl methyl sites for hydroxylation is 1. The molecule has 2 aromatic rings. The molecular formula is C14H11NO5. The van der Waals surface area contributed by atoms with E-state index in [2.05, 4.69) is 30.7 Å². The van der Waals surface area contributed by atoms with Gasteiger partial charge in [-0.05, 0) is 29.4 Å². The second-order valence-electron chi connectivity index (χ2n) is 3.80. The number of methoxy groups -OCH3 is 1. The van der Waals surface area contributed by atoms with Crippen molar-refractivity contribution in [1.29, 1.82) is 0 Å². The van der Waals surface area contributed by atoms with Crippen molar-refractivity contribution < 1.29 is 18.5 Å². The first-order chi connectivity index (χ1) is 9.69. The lowest BCUT2D eigenvalue weighted by Gasteiger charge is -1.97. The molecular weight excluding hydrogens is 262 g/mol. The third kappa shape index (κ3) is 3.59. The van der Waals surface area contributed by atoms with Crippen LogP contribution >= 0.6 is 0 Å². The zero-order chi connectivity index (χ0) is 14.4. The van der Waals surface area contributed by atoms with Crippen molar-refractivity contribution in [2.45, 2.75) is 12.8 Å². The normalized spacial score (nSPS) is 9.65. The van der Waals surface area contributed by atoms with Crippen molar-refractivity contribution in [2.75, 3.05) is 7.11 Å². The molecule has 0 bridgehead atoms. The largest absolute Gasteiger partial charge is 0.542 e. The SMILES string of the molecule is COC(=O)c1ccc(C#CCCc2noc(=O)o2)cc1. The molecule has 20 heavy (non-hydrogen) atoms. The summed E-state index contributed by atoms with van der Waals surface area (Å²) in [6, 6.07) is 6.75. The summed E-state index contributed by atoms with van der Waals surface area (Å²) in [5.41, 5.74) is 1.25. The molecule has 0 aliphatic carbocycles. The highest BCUT2D eigenvalue weighted by Crippen LogP contribution is 2.04. The van der Waals surface area contributed by atoms with Crippen LogP contribution in [0.4, 0.5) is 0 Å². The van der Waals surface area contributed by atoms with Gasteiger partial charge in [0.25, 0.3) is 0 Å². The topological polar surface area (TPSA) is 82.5 Å². The fourth-order valence-corrected chi connectivity index (χ4v) is 1.46. The minimum atomic E-state index is -0.814. The molecule has 0 N–H and O–H groups in total. The van der Waals surface area contributed by atoms with Crippen LogP contribution in [-0.4, -0.2) is 18.2 Å². The number of hydrogen-bond donors (Lipinski definition) is 0. The molecule has 0 aliphatic heterocycles. The van der Waals surface area contributed by atoms with Crippen molar-refractivity contribution in [3.8, 4) is 11.8 Å². The fraction of sp³-hybridized carbons (Fsp3) is 0.214. The van der Waals surface area contributed by atoms with Crippen LogP contribution in [0.2, 0.25) is 0 Å². The van der Waals surface area contributed by atoms with Gasteiger partial charge in [-0.15, -0.1) is 0 Å². The Morgan fingerprint density at radius 3 is 2.70 bits per heavy atom. The zero-order valence-corrected chi connectivity index (χ0v) is 10.7. The summed E-state index contributed by atoms with van der Waals surface area (Å²) in [5.74, 6) is 4.87. The lowest BCUT2D eigenvalue weighted by Crippen LogP contribution is -2.00. The summed E-state index contributed by atoms with van der Waals surface area (Å²) in [6.45, 7) is 0. The Morgan fingerprint density at radius 1 is 1.35 bits per heavy atom. The molecule has 1 heterocycles. The predicted molar refractivity (Wildman–Crippen MR) is 68.0 cm³/mol. The van der Waals surface area contributed by atoms with Crippen LogP contribution in [0.5, 0.6) is 0 Å². The number of esters is 1. The second-order valence-corrected chi connectivity index (χ2v) is 3.80. The van der Waals surface area contributed by atoms with Crippen molar-refractivity contribution in [1.82, 2.24) is 5.16 Å². The van der Waals surface area contributed by atoms with Gasteiger partial charge in [0.15, 0.2) is 0 Å². The number of nitrogens with zero attached hydrogens (tertiary/aromatic N) is 1. The molecule has 102 valence electrons. The van der Waals surface area contributed by atoms with Gasteiger partial charge in [-0.2, -0.15) is 0 Å². The first-order valence-electron chi connectivity index (χ1n) is 5.82. The number of benzene rings is 1. The van der Waals surface area contributed by atoms with E-state index in [9.17, 15) is 9.59 Å². The summed E-state index contributed by atoms with van der Waals surface area (Å²) >= 11 is 0. The van der Waals surface area contributed by atoms with Crippen molar-refractivity contribution in [2.24, 2.45) is 0 Å². The van der Waals surface area contributed by atoms with E-state index in [0.29, 0.717) is 18.4 Å². The molecule has 0 amide bonds.